The van der Waals surface area contributed by atoms with Gasteiger partial charge >= 0.3 is 0 Å². The van der Waals surface area contributed by atoms with Crippen molar-refractivity contribution in [2.24, 2.45) is 4.99 Å². The predicted octanol–water partition coefficient (Wildman–Crippen LogP) is 0.907. The van der Waals surface area contributed by atoms with Gasteiger partial charge in [-0.2, -0.15) is 0 Å². The van der Waals surface area contributed by atoms with Gasteiger partial charge < -0.3 is 19.7 Å². The highest BCUT2D eigenvalue weighted by Gasteiger charge is 2.21. The lowest BCUT2D eigenvalue weighted by Crippen LogP contribution is -2.52. The quantitative estimate of drug-likeness (QED) is 0.652. The van der Waals surface area contributed by atoms with Gasteiger partial charge in [0.25, 0.3) is 0 Å². The molecule has 8 heteroatoms. The van der Waals surface area contributed by atoms with Gasteiger partial charge in [-0.05, 0) is 25.0 Å². The van der Waals surface area contributed by atoms with Crippen molar-refractivity contribution < 1.29 is 0 Å². The molecule has 0 aromatic carbocycles. The number of nitrogens with zero attached hydrogens (tertiary/aromatic N) is 7. The van der Waals surface area contributed by atoms with Crippen LogP contribution in [0.1, 0.15) is 24.5 Å². The van der Waals surface area contributed by atoms with E-state index in [1.165, 1.54) is 12.8 Å². The molecule has 26 heavy (non-hydrogen) atoms. The molecule has 4 rings (SSSR count). The van der Waals surface area contributed by atoms with Gasteiger partial charge in [-0.15, -0.1) is 10.2 Å². The summed E-state index contributed by atoms with van der Waals surface area (Å²) in [4.78, 5) is 13.5. The number of hydrogen-bond donors (Lipinski definition) is 1. The van der Waals surface area contributed by atoms with E-state index in [4.69, 9.17) is 0 Å². The van der Waals surface area contributed by atoms with E-state index in [9.17, 15) is 0 Å². The molecule has 0 bridgehead atoms. The van der Waals surface area contributed by atoms with E-state index in [0.29, 0.717) is 6.54 Å². The van der Waals surface area contributed by atoms with Gasteiger partial charge in [0.15, 0.2) is 11.8 Å². The van der Waals surface area contributed by atoms with Crippen molar-refractivity contribution in [3.63, 3.8) is 0 Å². The molecule has 8 nitrogen and oxygen atoms in total. The van der Waals surface area contributed by atoms with Crippen LogP contribution in [0.3, 0.4) is 0 Å². The maximum Gasteiger partial charge on any atom is 0.194 e. The fraction of sp³-hybridized carbons (Fsp3) is 0.556. The fourth-order valence-electron chi connectivity index (χ4n) is 3.68. The van der Waals surface area contributed by atoms with Gasteiger partial charge in [-0.1, -0.05) is 6.07 Å². The smallest absolute Gasteiger partial charge is 0.194 e. The summed E-state index contributed by atoms with van der Waals surface area (Å²) in [5.74, 6) is 4.10. The van der Waals surface area contributed by atoms with E-state index in [-0.39, 0.29) is 0 Å². The number of aliphatic imine (C=N–C) groups is 1. The highest BCUT2D eigenvalue weighted by molar-refractivity contribution is 5.80. The summed E-state index contributed by atoms with van der Waals surface area (Å²) in [6, 6.07) is 6.06. The van der Waals surface area contributed by atoms with Gasteiger partial charge in [0.05, 0.1) is 6.54 Å². The molecular formula is C18H26N8. The number of rotatable bonds is 3. The van der Waals surface area contributed by atoms with Crippen LogP contribution in [-0.2, 0) is 19.5 Å². The van der Waals surface area contributed by atoms with E-state index in [2.05, 4.69) is 45.9 Å². The summed E-state index contributed by atoms with van der Waals surface area (Å²) in [5, 5.41) is 12.1. The minimum atomic E-state index is 0.667. The summed E-state index contributed by atoms with van der Waals surface area (Å²) in [5.41, 5.74) is 0. The van der Waals surface area contributed by atoms with Crippen LogP contribution in [-0.4, -0.2) is 63.8 Å². The maximum atomic E-state index is 4.46. The third-order valence-corrected chi connectivity index (χ3v) is 5.11. The van der Waals surface area contributed by atoms with Gasteiger partial charge in [-0.25, -0.2) is 4.98 Å². The minimum Gasteiger partial charge on any atom is -0.353 e. The standard InChI is InChI=1S/C18H26N8/c1-19-18(21-14-17-23-22-16-7-3-5-9-26(16)17)25-12-10-24(11-13-25)15-6-2-4-8-20-15/h2,4,6,8H,3,5,7,9-14H2,1H3,(H,19,21). The number of hydrogen-bond acceptors (Lipinski definition) is 5. The number of pyridine rings is 1. The zero-order chi connectivity index (χ0) is 17.8. The van der Waals surface area contributed by atoms with E-state index in [1.807, 2.05) is 25.4 Å². The van der Waals surface area contributed by atoms with E-state index in [0.717, 1.165) is 62.6 Å². The first-order valence-electron chi connectivity index (χ1n) is 9.37. The Bertz CT molecular complexity index is 746. The van der Waals surface area contributed by atoms with E-state index < -0.39 is 0 Å². The fourth-order valence-corrected chi connectivity index (χ4v) is 3.68. The van der Waals surface area contributed by atoms with Crippen LogP contribution in [0.2, 0.25) is 0 Å². The molecule has 1 fully saturated rings. The number of aryl methyl sites for hydroxylation is 1. The summed E-state index contributed by atoms with van der Waals surface area (Å²) in [6.45, 7) is 5.43. The van der Waals surface area contributed by atoms with Crippen LogP contribution in [0.5, 0.6) is 0 Å². The van der Waals surface area contributed by atoms with Crippen molar-refractivity contribution in [2.75, 3.05) is 38.1 Å². The number of anilines is 1. The van der Waals surface area contributed by atoms with Gasteiger partial charge in [0.2, 0.25) is 0 Å². The van der Waals surface area contributed by atoms with Crippen molar-refractivity contribution in [1.29, 1.82) is 0 Å². The average Bonchev–Trinajstić information content (AvgIpc) is 3.13. The summed E-state index contributed by atoms with van der Waals surface area (Å²) < 4.78 is 2.25. The summed E-state index contributed by atoms with van der Waals surface area (Å²) in [6.07, 6.45) is 5.31. The molecule has 2 aliphatic heterocycles. The minimum absolute atomic E-state index is 0.667. The number of guanidine groups is 1. The topological polar surface area (TPSA) is 74.5 Å². The normalized spacial score (nSPS) is 18.0. The highest BCUT2D eigenvalue weighted by Crippen LogP contribution is 2.15. The van der Waals surface area contributed by atoms with Gasteiger partial charge in [0, 0.05) is 52.4 Å². The van der Waals surface area contributed by atoms with Crippen LogP contribution >= 0.6 is 0 Å². The largest absolute Gasteiger partial charge is 0.353 e. The third kappa shape index (κ3) is 3.49. The first-order chi connectivity index (χ1) is 12.8. The van der Waals surface area contributed by atoms with E-state index >= 15 is 0 Å². The molecule has 0 saturated carbocycles. The molecule has 0 atom stereocenters. The lowest BCUT2D eigenvalue weighted by atomic mass is 10.2. The van der Waals surface area contributed by atoms with Crippen LogP contribution < -0.4 is 10.2 Å². The monoisotopic (exact) mass is 354 g/mol. The lowest BCUT2D eigenvalue weighted by molar-refractivity contribution is 0.370. The van der Waals surface area contributed by atoms with Crippen LogP contribution in [0.15, 0.2) is 29.4 Å². The highest BCUT2D eigenvalue weighted by atomic mass is 15.4. The molecule has 0 aliphatic carbocycles. The zero-order valence-corrected chi connectivity index (χ0v) is 15.3. The van der Waals surface area contributed by atoms with Gasteiger partial charge in [0.1, 0.15) is 11.6 Å². The zero-order valence-electron chi connectivity index (χ0n) is 15.3. The van der Waals surface area contributed by atoms with Crippen LogP contribution in [0.4, 0.5) is 5.82 Å². The maximum absolute atomic E-state index is 4.46. The summed E-state index contributed by atoms with van der Waals surface area (Å²) >= 11 is 0. The Morgan fingerprint density at radius 1 is 1.12 bits per heavy atom. The molecular weight excluding hydrogens is 328 g/mol. The third-order valence-electron chi connectivity index (χ3n) is 5.11. The molecule has 2 aromatic rings. The Kier molecular flexibility index (Phi) is 4.99. The van der Waals surface area contributed by atoms with Crippen LogP contribution in [0, 0.1) is 0 Å². The second kappa shape index (κ2) is 7.72. The van der Waals surface area contributed by atoms with Crippen molar-refractivity contribution in [3.05, 3.63) is 36.0 Å². The molecule has 1 N–H and O–H groups in total. The molecule has 0 unspecified atom stereocenters. The number of fused-ring (bicyclic) bond motifs is 1. The lowest BCUT2D eigenvalue weighted by Gasteiger charge is -2.37. The molecule has 2 aromatic heterocycles. The first-order valence-corrected chi connectivity index (χ1v) is 9.37. The second-order valence-corrected chi connectivity index (χ2v) is 6.70. The molecule has 0 radical (unpaired) electrons. The van der Waals surface area contributed by atoms with E-state index in [1.54, 1.807) is 0 Å². The van der Waals surface area contributed by atoms with Crippen LogP contribution in [0.25, 0.3) is 0 Å². The SMILES string of the molecule is CN=C(NCc1nnc2n1CCCC2)N1CCN(c2ccccn2)CC1. The molecule has 2 aliphatic rings. The average molecular weight is 354 g/mol. The first kappa shape index (κ1) is 16.8. The molecule has 138 valence electrons. The number of aromatic nitrogens is 4. The Balaban J connectivity index is 1.33. The molecule has 4 heterocycles. The number of nitrogens with one attached hydrogen (secondary N) is 1. The summed E-state index contributed by atoms with van der Waals surface area (Å²) in [7, 11) is 1.84. The Hall–Kier alpha value is -2.64. The van der Waals surface area contributed by atoms with Crippen molar-refractivity contribution >= 4 is 11.8 Å². The van der Waals surface area contributed by atoms with Gasteiger partial charge in [-0.3, -0.25) is 4.99 Å². The van der Waals surface area contributed by atoms with Crippen molar-refractivity contribution in [2.45, 2.75) is 32.4 Å². The Morgan fingerprint density at radius 2 is 2.00 bits per heavy atom. The van der Waals surface area contributed by atoms with Crippen molar-refractivity contribution in [1.82, 2.24) is 30.0 Å². The molecule has 0 spiro atoms. The number of piperazine rings is 1. The Labute approximate surface area is 154 Å². The van der Waals surface area contributed by atoms with Crippen molar-refractivity contribution in [3.8, 4) is 0 Å². The molecule has 1 saturated heterocycles. The predicted molar refractivity (Wildman–Crippen MR) is 101 cm³/mol. The second-order valence-electron chi connectivity index (χ2n) is 6.70. The Morgan fingerprint density at radius 3 is 2.77 bits per heavy atom. The molecule has 0 amide bonds.